The average molecular weight is 588 g/mol. The number of carbonyl (C=O) groups excluding carboxylic acids is 4. The fraction of sp³-hybridized carbons (Fsp3) is 0.647. The van der Waals surface area contributed by atoms with Gasteiger partial charge in [-0.2, -0.15) is 0 Å². The minimum atomic E-state index is -0.263. The Labute approximate surface area is 255 Å². The molecule has 8 nitrogen and oxygen atoms in total. The highest BCUT2D eigenvalue weighted by Crippen LogP contribution is 2.30. The van der Waals surface area contributed by atoms with Crippen molar-refractivity contribution in [2.75, 3.05) is 32.8 Å². The summed E-state index contributed by atoms with van der Waals surface area (Å²) in [5, 5.41) is 6.04. The number of hydrogen-bond donors (Lipinski definition) is 2. The van der Waals surface area contributed by atoms with Gasteiger partial charge in [-0.1, -0.05) is 80.2 Å². The summed E-state index contributed by atoms with van der Waals surface area (Å²) in [5.41, 5.74) is 0.00107. The van der Waals surface area contributed by atoms with Crippen LogP contribution in [0.4, 0.5) is 0 Å². The standard InChI is InChI=1S/C30H45N3O5.2C2H6/c1-7-9-10-23(8-2)27(36)31-18-29(3,4)20-38-21-30(5,6)19-32-28(37)24-13-11-22(12-14-24)17-33-25(34)15-16-26(33)35;2*1-2/h7-10,15-16,22,24H,2,11-14,17-21H2,1,3-6H3,(H,31,36)(H,32,37);2*1-2H3/b9-7-,23-10+;;. The molecule has 0 aromatic rings. The SMILES string of the molecule is C=C/C(=C\C=C/C)C(=O)NCC(C)(C)COCC(C)(C)CNC(=O)C1CCC(CN2C(=O)C=CC2=O)CC1.CC.CC. The van der Waals surface area contributed by atoms with Crippen LogP contribution in [0, 0.1) is 22.7 Å². The van der Waals surface area contributed by atoms with Crippen LogP contribution < -0.4 is 10.6 Å². The molecule has 42 heavy (non-hydrogen) atoms. The monoisotopic (exact) mass is 587 g/mol. The molecule has 1 aliphatic heterocycles. The van der Waals surface area contributed by atoms with Gasteiger partial charge in [-0.3, -0.25) is 24.1 Å². The molecule has 0 saturated heterocycles. The van der Waals surface area contributed by atoms with Crippen LogP contribution in [0.2, 0.25) is 0 Å². The van der Waals surface area contributed by atoms with Gasteiger partial charge < -0.3 is 15.4 Å². The van der Waals surface area contributed by atoms with Crippen molar-refractivity contribution in [1.29, 1.82) is 0 Å². The van der Waals surface area contributed by atoms with Crippen LogP contribution in [0.1, 0.15) is 88.0 Å². The Bertz CT molecular complexity index is 952. The van der Waals surface area contributed by atoms with Crippen LogP contribution in [0.5, 0.6) is 0 Å². The number of ether oxygens (including phenoxy) is 1. The minimum absolute atomic E-state index is 0.0454. The first-order chi connectivity index (χ1) is 19.9. The molecule has 0 aromatic carbocycles. The van der Waals surface area contributed by atoms with Gasteiger partial charge in [-0.15, -0.1) is 0 Å². The van der Waals surface area contributed by atoms with Gasteiger partial charge in [0.1, 0.15) is 0 Å². The molecule has 2 N–H and O–H groups in total. The lowest BCUT2D eigenvalue weighted by molar-refractivity contribution is -0.138. The third-order valence-corrected chi connectivity index (χ3v) is 6.96. The van der Waals surface area contributed by atoms with Crippen molar-refractivity contribution in [2.24, 2.45) is 22.7 Å². The lowest BCUT2D eigenvalue weighted by atomic mass is 9.81. The predicted molar refractivity (Wildman–Crippen MR) is 171 cm³/mol. The van der Waals surface area contributed by atoms with Crippen LogP contribution >= 0.6 is 0 Å². The second-order valence-corrected chi connectivity index (χ2v) is 11.9. The number of rotatable bonds is 14. The van der Waals surface area contributed by atoms with E-state index in [0.717, 1.165) is 25.7 Å². The summed E-state index contributed by atoms with van der Waals surface area (Å²) in [6, 6.07) is 0. The number of nitrogens with zero attached hydrogens (tertiary/aromatic N) is 1. The number of amides is 4. The maximum absolute atomic E-state index is 12.8. The number of carbonyl (C=O) groups is 4. The van der Waals surface area contributed by atoms with Gasteiger partial charge in [0.05, 0.1) is 13.2 Å². The van der Waals surface area contributed by atoms with Gasteiger partial charge in [0.15, 0.2) is 0 Å². The Hall–Kier alpha value is -3.00. The molecule has 1 aliphatic carbocycles. The van der Waals surface area contributed by atoms with Crippen molar-refractivity contribution < 1.29 is 23.9 Å². The molecule has 2 aliphatic rings. The van der Waals surface area contributed by atoms with Crippen LogP contribution in [-0.2, 0) is 23.9 Å². The second kappa shape index (κ2) is 20.0. The maximum Gasteiger partial charge on any atom is 0.253 e. The third-order valence-electron chi connectivity index (χ3n) is 6.96. The van der Waals surface area contributed by atoms with Crippen molar-refractivity contribution in [1.82, 2.24) is 15.5 Å². The molecule has 1 heterocycles. The smallest absolute Gasteiger partial charge is 0.253 e. The molecular weight excluding hydrogens is 530 g/mol. The normalized spacial score (nSPS) is 19.1. The van der Waals surface area contributed by atoms with E-state index in [-0.39, 0.29) is 46.3 Å². The van der Waals surface area contributed by atoms with Gasteiger partial charge >= 0.3 is 0 Å². The average Bonchev–Trinajstić information content (AvgIpc) is 3.29. The topological polar surface area (TPSA) is 105 Å². The van der Waals surface area contributed by atoms with E-state index < -0.39 is 0 Å². The van der Waals surface area contributed by atoms with Crippen molar-refractivity contribution in [3.63, 3.8) is 0 Å². The molecule has 238 valence electrons. The van der Waals surface area contributed by atoms with Crippen LogP contribution in [0.3, 0.4) is 0 Å². The Morgan fingerprint density at radius 1 is 0.929 bits per heavy atom. The molecule has 0 unspecified atom stereocenters. The quantitative estimate of drug-likeness (QED) is 0.153. The maximum atomic E-state index is 12.8. The van der Waals surface area contributed by atoms with E-state index in [1.54, 1.807) is 12.2 Å². The molecule has 0 aromatic heterocycles. The molecule has 1 saturated carbocycles. The largest absolute Gasteiger partial charge is 0.380 e. The second-order valence-electron chi connectivity index (χ2n) is 11.9. The molecular formula is C34H57N3O5. The van der Waals surface area contributed by atoms with Crippen LogP contribution in [0.25, 0.3) is 0 Å². The molecule has 0 spiro atoms. The van der Waals surface area contributed by atoms with E-state index in [2.05, 4.69) is 31.1 Å². The van der Waals surface area contributed by atoms with Gasteiger partial charge in [0, 0.05) is 54.1 Å². The summed E-state index contributed by atoms with van der Waals surface area (Å²) < 4.78 is 6.01. The van der Waals surface area contributed by atoms with E-state index in [0.29, 0.717) is 38.4 Å². The summed E-state index contributed by atoms with van der Waals surface area (Å²) in [4.78, 5) is 50.0. The van der Waals surface area contributed by atoms with E-state index in [1.165, 1.54) is 23.1 Å². The predicted octanol–water partition coefficient (Wildman–Crippen LogP) is 5.76. The molecule has 0 atom stereocenters. The highest BCUT2D eigenvalue weighted by molar-refractivity contribution is 6.12. The minimum Gasteiger partial charge on any atom is -0.380 e. The number of hydrogen-bond acceptors (Lipinski definition) is 5. The molecule has 2 rings (SSSR count). The van der Waals surface area contributed by atoms with Crippen LogP contribution in [0.15, 0.2) is 48.6 Å². The molecule has 0 radical (unpaired) electrons. The molecule has 4 amide bonds. The first kappa shape index (κ1) is 39.0. The van der Waals surface area contributed by atoms with Crippen LogP contribution in [-0.4, -0.2) is 61.4 Å². The highest BCUT2D eigenvalue weighted by atomic mass is 16.5. The van der Waals surface area contributed by atoms with Gasteiger partial charge in [0.25, 0.3) is 17.7 Å². The van der Waals surface area contributed by atoms with E-state index in [4.69, 9.17) is 4.74 Å². The first-order valence-corrected chi connectivity index (χ1v) is 15.5. The van der Waals surface area contributed by atoms with E-state index in [9.17, 15) is 19.2 Å². The van der Waals surface area contributed by atoms with E-state index in [1.807, 2.05) is 54.5 Å². The Balaban J connectivity index is 0.00000402. The summed E-state index contributed by atoms with van der Waals surface area (Å²) in [5.74, 6) is -0.400. The zero-order valence-corrected chi connectivity index (χ0v) is 27.7. The zero-order chi connectivity index (χ0) is 32.3. The van der Waals surface area contributed by atoms with Crippen molar-refractivity contribution in [3.8, 4) is 0 Å². The van der Waals surface area contributed by atoms with Gasteiger partial charge in [-0.05, 0) is 44.6 Å². The number of allylic oxidation sites excluding steroid dienone is 3. The number of imide groups is 1. The summed E-state index contributed by atoms with van der Waals surface area (Å²) in [7, 11) is 0. The lowest BCUT2D eigenvalue weighted by Crippen LogP contribution is -2.42. The first-order valence-electron chi connectivity index (χ1n) is 15.5. The molecule has 8 heteroatoms. The van der Waals surface area contributed by atoms with Crippen molar-refractivity contribution >= 4 is 23.6 Å². The van der Waals surface area contributed by atoms with E-state index >= 15 is 0 Å². The lowest BCUT2D eigenvalue weighted by Gasteiger charge is -2.32. The zero-order valence-electron chi connectivity index (χ0n) is 27.7. The number of nitrogens with one attached hydrogen (secondary N) is 2. The Morgan fingerprint density at radius 2 is 1.43 bits per heavy atom. The molecule has 1 fully saturated rings. The summed E-state index contributed by atoms with van der Waals surface area (Å²) in [6.45, 7) is 24.1. The fourth-order valence-electron chi connectivity index (χ4n) is 4.51. The Morgan fingerprint density at radius 3 is 1.90 bits per heavy atom. The van der Waals surface area contributed by atoms with Crippen molar-refractivity contribution in [3.05, 3.63) is 48.6 Å². The third kappa shape index (κ3) is 14.3. The fourth-order valence-corrected chi connectivity index (χ4v) is 4.51. The summed E-state index contributed by atoms with van der Waals surface area (Å²) >= 11 is 0. The summed E-state index contributed by atoms with van der Waals surface area (Å²) in [6.07, 6.45) is 12.7. The van der Waals surface area contributed by atoms with Gasteiger partial charge in [-0.25, -0.2) is 0 Å². The van der Waals surface area contributed by atoms with Gasteiger partial charge in [0.2, 0.25) is 5.91 Å². The Kier molecular flexibility index (Phi) is 18.6. The highest BCUT2D eigenvalue weighted by Gasteiger charge is 2.32. The molecule has 0 bridgehead atoms. The van der Waals surface area contributed by atoms with Crippen molar-refractivity contribution in [2.45, 2.75) is 88.0 Å².